The maximum absolute atomic E-state index is 12.2. The van der Waals surface area contributed by atoms with Gasteiger partial charge >= 0.3 is 5.97 Å². The molecule has 1 aliphatic rings. The van der Waals surface area contributed by atoms with E-state index in [0.717, 1.165) is 16.7 Å². The minimum absolute atomic E-state index is 0.221. The van der Waals surface area contributed by atoms with E-state index in [-0.39, 0.29) is 4.91 Å². The second-order valence-electron chi connectivity index (χ2n) is 4.47. The number of nitrogens with zero attached hydrogens (tertiary/aromatic N) is 1. The molecule has 0 unspecified atom stereocenters. The lowest BCUT2D eigenvalue weighted by Gasteiger charge is -2.09. The fourth-order valence-corrected chi connectivity index (χ4v) is 2.94. The van der Waals surface area contributed by atoms with E-state index < -0.39 is 23.7 Å². The average molecular weight is 356 g/mol. The normalized spacial score (nSPS) is 16.1. The van der Waals surface area contributed by atoms with E-state index in [9.17, 15) is 14.4 Å². The fourth-order valence-electron chi connectivity index (χ4n) is 1.86. The fraction of sp³-hybridized carbons (Fsp3) is 0.267. The first-order valence-electron chi connectivity index (χ1n) is 6.70. The summed E-state index contributed by atoms with van der Waals surface area (Å²) in [5.41, 5.74) is 0.655. The number of thioether (sulfide) groups is 1. The summed E-state index contributed by atoms with van der Waals surface area (Å²) in [7, 11) is 1.19. The van der Waals surface area contributed by atoms with E-state index in [1.807, 2.05) is 6.92 Å². The van der Waals surface area contributed by atoms with Crippen molar-refractivity contribution < 1.29 is 23.9 Å². The number of imide groups is 1. The van der Waals surface area contributed by atoms with Gasteiger partial charge in [-0.2, -0.15) is 0 Å². The molecule has 1 aromatic rings. The molecule has 0 spiro atoms. The van der Waals surface area contributed by atoms with Gasteiger partial charge in [-0.05, 0) is 42.5 Å². The van der Waals surface area contributed by atoms with Gasteiger partial charge in [-0.3, -0.25) is 19.3 Å². The molecule has 122 valence electrons. The SMILES string of the molecule is CCOc1ccc(/C=C2\SC(=O)N(CC(=O)OC)C2=O)cc1Cl. The van der Waals surface area contributed by atoms with Gasteiger partial charge in [-0.1, -0.05) is 17.7 Å². The minimum atomic E-state index is -0.655. The Bertz CT molecular complexity index is 688. The third kappa shape index (κ3) is 4.05. The maximum atomic E-state index is 12.2. The lowest BCUT2D eigenvalue weighted by Crippen LogP contribution is -2.34. The molecule has 1 heterocycles. The smallest absolute Gasteiger partial charge is 0.325 e. The number of esters is 1. The number of carbonyl (C=O) groups excluding carboxylic acids is 3. The summed E-state index contributed by atoms with van der Waals surface area (Å²) in [4.78, 5) is 36.3. The van der Waals surface area contributed by atoms with Crippen LogP contribution in [-0.2, 0) is 14.3 Å². The molecule has 0 atom stereocenters. The summed E-state index contributed by atoms with van der Waals surface area (Å²) in [5.74, 6) is -0.641. The monoisotopic (exact) mass is 355 g/mol. The Labute approximate surface area is 142 Å². The Hall–Kier alpha value is -1.99. The molecule has 23 heavy (non-hydrogen) atoms. The number of benzene rings is 1. The quantitative estimate of drug-likeness (QED) is 0.597. The Balaban J connectivity index is 2.20. The first-order chi connectivity index (χ1) is 11.0. The summed E-state index contributed by atoms with van der Waals surface area (Å²) < 4.78 is 9.80. The molecule has 0 saturated carbocycles. The van der Waals surface area contributed by atoms with Gasteiger partial charge in [0.15, 0.2) is 0 Å². The largest absolute Gasteiger partial charge is 0.492 e. The molecule has 0 aromatic heterocycles. The molecule has 8 heteroatoms. The number of methoxy groups -OCH3 is 1. The zero-order chi connectivity index (χ0) is 17.0. The lowest BCUT2D eigenvalue weighted by molar-refractivity contribution is -0.143. The highest BCUT2D eigenvalue weighted by molar-refractivity contribution is 8.18. The van der Waals surface area contributed by atoms with E-state index in [4.69, 9.17) is 16.3 Å². The summed E-state index contributed by atoms with van der Waals surface area (Å²) in [5, 5.41) is -0.0990. The Kier molecular flexibility index (Phi) is 5.68. The zero-order valence-electron chi connectivity index (χ0n) is 12.5. The van der Waals surface area contributed by atoms with Gasteiger partial charge in [0.05, 0.1) is 23.6 Å². The number of rotatable bonds is 5. The van der Waals surface area contributed by atoms with Crippen LogP contribution < -0.4 is 4.74 Å². The summed E-state index contributed by atoms with van der Waals surface area (Å²) in [6, 6.07) is 5.06. The van der Waals surface area contributed by atoms with Crippen LogP contribution in [-0.4, -0.2) is 42.3 Å². The molecule has 0 N–H and O–H groups in total. The average Bonchev–Trinajstić information content (AvgIpc) is 2.77. The topological polar surface area (TPSA) is 72.9 Å². The molecule has 1 aromatic carbocycles. The van der Waals surface area contributed by atoms with Crippen molar-refractivity contribution in [1.82, 2.24) is 4.90 Å². The van der Waals surface area contributed by atoms with Gasteiger partial charge in [0.2, 0.25) is 0 Å². The van der Waals surface area contributed by atoms with E-state index in [2.05, 4.69) is 4.74 Å². The van der Waals surface area contributed by atoms with Crippen molar-refractivity contribution >= 4 is 46.6 Å². The van der Waals surface area contributed by atoms with Gasteiger partial charge in [0.25, 0.3) is 11.1 Å². The zero-order valence-corrected chi connectivity index (χ0v) is 14.1. The second kappa shape index (κ2) is 7.52. The van der Waals surface area contributed by atoms with Crippen LogP contribution in [0.5, 0.6) is 5.75 Å². The van der Waals surface area contributed by atoms with Crippen LogP contribution in [0.25, 0.3) is 6.08 Å². The molecular formula is C15H14ClNO5S. The Morgan fingerprint density at radius 3 is 2.74 bits per heavy atom. The second-order valence-corrected chi connectivity index (χ2v) is 5.87. The third-order valence-electron chi connectivity index (χ3n) is 2.94. The van der Waals surface area contributed by atoms with Crippen LogP contribution in [0.2, 0.25) is 5.02 Å². The lowest BCUT2D eigenvalue weighted by atomic mass is 10.2. The van der Waals surface area contributed by atoms with Crippen LogP contribution >= 0.6 is 23.4 Å². The number of hydrogen-bond acceptors (Lipinski definition) is 6. The predicted octanol–water partition coefficient (Wildman–Crippen LogP) is 2.95. The molecule has 6 nitrogen and oxygen atoms in total. The summed E-state index contributed by atoms with van der Waals surface area (Å²) >= 11 is 6.86. The summed E-state index contributed by atoms with van der Waals surface area (Å²) in [6.45, 7) is 1.94. The van der Waals surface area contributed by atoms with Crippen LogP contribution in [0, 0.1) is 0 Å². The molecule has 1 fully saturated rings. The number of ether oxygens (including phenoxy) is 2. The number of hydrogen-bond donors (Lipinski definition) is 0. The van der Waals surface area contributed by atoms with Crippen LogP contribution in [0.3, 0.4) is 0 Å². The van der Waals surface area contributed by atoms with E-state index >= 15 is 0 Å². The van der Waals surface area contributed by atoms with Crippen molar-refractivity contribution in [2.24, 2.45) is 0 Å². The van der Waals surface area contributed by atoms with Crippen LogP contribution in [0.4, 0.5) is 4.79 Å². The van der Waals surface area contributed by atoms with E-state index in [1.165, 1.54) is 7.11 Å². The first-order valence-corrected chi connectivity index (χ1v) is 7.90. The molecule has 2 amide bonds. The first kappa shape index (κ1) is 17.4. The molecule has 1 saturated heterocycles. The van der Waals surface area contributed by atoms with E-state index in [1.54, 1.807) is 24.3 Å². The predicted molar refractivity (Wildman–Crippen MR) is 87.3 cm³/mol. The molecule has 0 aliphatic carbocycles. The highest BCUT2D eigenvalue weighted by Crippen LogP contribution is 2.33. The molecule has 2 rings (SSSR count). The highest BCUT2D eigenvalue weighted by atomic mass is 35.5. The van der Waals surface area contributed by atoms with Gasteiger partial charge in [0, 0.05) is 0 Å². The maximum Gasteiger partial charge on any atom is 0.325 e. The van der Waals surface area contributed by atoms with Gasteiger partial charge < -0.3 is 9.47 Å². The van der Waals surface area contributed by atoms with Crippen molar-refractivity contribution in [1.29, 1.82) is 0 Å². The minimum Gasteiger partial charge on any atom is -0.492 e. The Morgan fingerprint density at radius 1 is 1.39 bits per heavy atom. The number of amides is 2. The van der Waals surface area contributed by atoms with Crippen LogP contribution in [0.1, 0.15) is 12.5 Å². The van der Waals surface area contributed by atoms with Gasteiger partial charge in [-0.15, -0.1) is 0 Å². The molecular weight excluding hydrogens is 342 g/mol. The molecule has 1 aliphatic heterocycles. The van der Waals surface area contributed by atoms with Crippen molar-refractivity contribution in [3.05, 3.63) is 33.7 Å². The molecule has 0 radical (unpaired) electrons. The number of carbonyl (C=O) groups is 3. The van der Waals surface area contributed by atoms with Crippen molar-refractivity contribution in [3.8, 4) is 5.75 Å². The van der Waals surface area contributed by atoms with E-state index in [0.29, 0.717) is 22.9 Å². The third-order valence-corrected chi connectivity index (χ3v) is 4.14. The van der Waals surface area contributed by atoms with Gasteiger partial charge in [0.1, 0.15) is 12.3 Å². The van der Waals surface area contributed by atoms with Crippen molar-refractivity contribution in [3.63, 3.8) is 0 Å². The Morgan fingerprint density at radius 2 is 2.13 bits per heavy atom. The molecule has 0 bridgehead atoms. The van der Waals surface area contributed by atoms with Crippen molar-refractivity contribution in [2.45, 2.75) is 6.92 Å². The van der Waals surface area contributed by atoms with Crippen molar-refractivity contribution in [2.75, 3.05) is 20.3 Å². The van der Waals surface area contributed by atoms with Crippen LogP contribution in [0.15, 0.2) is 23.1 Å². The standard InChI is InChI=1S/C15H14ClNO5S/c1-3-22-11-5-4-9(6-10(11)16)7-12-14(19)17(15(20)23-12)8-13(18)21-2/h4-7H,3,8H2,1-2H3/b12-7-. The summed E-state index contributed by atoms with van der Waals surface area (Å²) in [6.07, 6.45) is 1.55. The van der Waals surface area contributed by atoms with Gasteiger partial charge in [-0.25, -0.2) is 0 Å². The highest BCUT2D eigenvalue weighted by Gasteiger charge is 2.36. The number of halogens is 1.